The molecule has 0 aliphatic carbocycles. The third kappa shape index (κ3) is 3.79. The van der Waals surface area contributed by atoms with Gasteiger partial charge in [0.05, 0.1) is 24.8 Å². The number of halogens is 3. The molecule has 0 amide bonds. The molecule has 0 N–H and O–H groups in total. The number of ether oxygens (including phenoxy) is 1. The first kappa shape index (κ1) is 21.1. The molecule has 0 bridgehead atoms. The average Bonchev–Trinajstić information content (AvgIpc) is 2.97. The van der Waals surface area contributed by atoms with Gasteiger partial charge in [0.25, 0.3) is 0 Å². The lowest BCUT2D eigenvalue weighted by Gasteiger charge is -2.13. The number of hydrogen-bond acceptors (Lipinski definition) is 3. The van der Waals surface area contributed by atoms with Gasteiger partial charge >= 0.3 is 12.1 Å². The lowest BCUT2D eigenvalue weighted by atomic mass is 9.97. The van der Waals surface area contributed by atoms with Crippen LogP contribution in [0.15, 0.2) is 42.7 Å². The third-order valence-electron chi connectivity index (χ3n) is 4.95. The van der Waals surface area contributed by atoms with Crippen LogP contribution in [0.3, 0.4) is 0 Å². The maximum absolute atomic E-state index is 13.5. The zero-order valence-corrected chi connectivity index (χ0v) is 16.5. The van der Waals surface area contributed by atoms with Crippen molar-refractivity contribution in [3.63, 3.8) is 0 Å². The predicted octanol–water partition coefficient (Wildman–Crippen LogP) is 5.57. The minimum absolute atomic E-state index is 0.195. The van der Waals surface area contributed by atoms with Crippen LogP contribution in [-0.4, -0.2) is 22.6 Å². The van der Waals surface area contributed by atoms with E-state index in [9.17, 15) is 18.0 Å². The number of alkyl halides is 3. The Labute approximate surface area is 171 Å². The SMILES string of the molecule is [C-]#[N+]c1ccc(-c2c(C(=O)OC)c(C)n(Cc3cccnc3)c2C)cc1C(F)(F)F. The molecule has 0 spiro atoms. The molecule has 0 saturated carbocycles. The van der Waals surface area contributed by atoms with Gasteiger partial charge in [-0.3, -0.25) is 4.98 Å². The molecular weight excluding hydrogens is 395 g/mol. The van der Waals surface area contributed by atoms with E-state index in [1.807, 2.05) is 10.6 Å². The molecule has 2 heterocycles. The second kappa shape index (κ2) is 8.03. The minimum Gasteiger partial charge on any atom is -0.465 e. The molecule has 3 aromatic rings. The molecule has 5 nitrogen and oxygen atoms in total. The van der Waals surface area contributed by atoms with Gasteiger partial charge in [0.2, 0.25) is 0 Å². The van der Waals surface area contributed by atoms with E-state index in [1.54, 1.807) is 32.3 Å². The van der Waals surface area contributed by atoms with Crippen LogP contribution >= 0.6 is 0 Å². The Bertz CT molecular complexity index is 1140. The molecule has 0 aliphatic heterocycles. The lowest BCUT2D eigenvalue weighted by Crippen LogP contribution is -2.07. The fraction of sp³-hybridized carbons (Fsp3) is 0.227. The number of rotatable bonds is 4. The van der Waals surface area contributed by atoms with E-state index in [2.05, 4.69) is 9.83 Å². The molecule has 8 heteroatoms. The van der Waals surface area contributed by atoms with Crippen LogP contribution in [0.2, 0.25) is 0 Å². The Morgan fingerprint density at radius 3 is 2.53 bits per heavy atom. The molecular formula is C22H18F3N3O2. The van der Waals surface area contributed by atoms with Crippen LogP contribution in [0.1, 0.15) is 32.9 Å². The maximum atomic E-state index is 13.5. The normalized spacial score (nSPS) is 11.2. The third-order valence-corrected chi connectivity index (χ3v) is 4.95. The van der Waals surface area contributed by atoms with Crippen molar-refractivity contribution in [1.82, 2.24) is 9.55 Å². The summed E-state index contributed by atoms with van der Waals surface area (Å²) in [5, 5.41) is 0. The standard InChI is InChI=1S/C22H18F3N3O2/c1-13-19(16-7-8-18(26-3)17(10-16)22(23,24)25)20(21(29)30-4)14(2)28(13)12-15-6-5-9-27-11-15/h5-11H,12H2,1-2,4H3. The van der Waals surface area contributed by atoms with Crippen molar-refractivity contribution in [2.75, 3.05) is 7.11 Å². The quantitative estimate of drug-likeness (QED) is 0.415. The fourth-order valence-electron chi connectivity index (χ4n) is 3.52. The number of pyridine rings is 1. The first-order chi connectivity index (χ1) is 14.2. The monoisotopic (exact) mass is 413 g/mol. The summed E-state index contributed by atoms with van der Waals surface area (Å²) in [6.07, 6.45) is -1.37. The molecule has 0 unspecified atom stereocenters. The topological polar surface area (TPSA) is 48.5 Å². The summed E-state index contributed by atoms with van der Waals surface area (Å²) >= 11 is 0. The van der Waals surface area contributed by atoms with Crippen LogP contribution < -0.4 is 0 Å². The van der Waals surface area contributed by atoms with Gasteiger partial charge in [-0.25, -0.2) is 9.64 Å². The zero-order valence-electron chi connectivity index (χ0n) is 16.5. The Morgan fingerprint density at radius 2 is 1.97 bits per heavy atom. The number of hydrogen-bond donors (Lipinski definition) is 0. The van der Waals surface area contributed by atoms with Crippen molar-refractivity contribution < 1.29 is 22.7 Å². The summed E-state index contributed by atoms with van der Waals surface area (Å²) in [4.78, 5) is 19.6. The largest absolute Gasteiger partial charge is 0.465 e. The summed E-state index contributed by atoms with van der Waals surface area (Å²) in [7, 11) is 1.22. The van der Waals surface area contributed by atoms with Crippen LogP contribution in [0.5, 0.6) is 0 Å². The lowest BCUT2D eigenvalue weighted by molar-refractivity contribution is -0.136. The first-order valence-corrected chi connectivity index (χ1v) is 8.95. The fourth-order valence-corrected chi connectivity index (χ4v) is 3.52. The number of aromatic nitrogens is 2. The van der Waals surface area contributed by atoms with E-state index >= 15 is 0 Å². The van der Waals surface area contributed by atoms with Crippen LogP contribution in [0.4, 0.5) is 18.9 Å². The van der Waals surface area contributed by atoms with Crippen LogP contribution in [0, 0.1) is 20.4 Å². The minimum atomic E-state index is -4.69. The van der Waals surface area contributed by atoms with E-state index in [0.29, 0.717) is 23.5 Å². The average molecular weight is 413 g/mol. The van der Waals surface area contributed by atoms with Gasteiger partial charge in [-0.05, 0) is 31.0 Å². The van der Waals surface area contributed by atoms with E-state index in [4.69, 9.17) is 11.3 Å². The number of esters is 1. The molecule has 30 heavy (non-hydrogen) atoms. The van der Waals surface area contributed by atoms with Crippen LogP contribution in [0.25, 0.3) is 16.0 Å². The van der Waals surface area contributed by atoms with E-state index in [-0.39, 0.29) is 11.1 Å². The molecule has 0 aliphatic rings. The Kier molecular flexibility index (Phi) is 5.65. The van der Waals surface area contributed by atoms with Gasteiger partial charge in [-0.1, -0.05) is 24.3 Å². The second-order valence-electron chi connectivity index (χ2n) is 6.70. The molecule has 1 aromatic carbocycles. The van der Waals surface area contributed by atoms with Gasteiger partial charge < -0.3 is 9.30 Å². The molecule has 2 aromatic heterocycles. The van der Waals surface area contributed by atoms with Gasteiger partial charge in [0, 0.05) is 35.9 Å². The van der Waals surface area contributed by atoms with Crippen molar-refractivity contribution in [1.29, 1.82) is 0 Å². The predicted molar refractivity (Wildman–Crippen MR) is 105 cm³/mol. The van der Waals surface area contributed by atoms with Gasteiger partial charge in [-0.15, -0.1) is 0 Å². The van der Waals surface area contributed by atoms with E-state index in [1.165, 1.54) is 13.2 Å². The van der Waals surface area contributed by atoms with Gasteiger partial charge in [0.15, 0.2) is 5.69 Å². The number of carbonyl (C=O) groups excluding carboxylic acids is 1. The highest BCUT2D eigenvalue weighted by Gasteiger charge is 2.34. The highest BCUT2D eigenvalue weighted by molar-refractivity contribution is 6.00. The van der Waals surface area contributed by atoms with Crippen LogP contribution in [-0.2, 0) is 17.5 Å². The maximum Gasteiger partial charge on any atom is 0.407 e. The summed E-state index contributed by atoms with van der Waals surface area (Å²) in [6.45, 7) is 10.9. The number of methoxy groups -OCH3 is 1. The molecule has 0 fully saturated rings. The van der Waals surface area contributed by atoms with Crippen molar-refractivity contribution in [3.8, 4) is 11.1 Å². The molecule has 0 saturated heterocycles. The summed E-state index contributed by atoms with van der Waals surface area (Å²) in [5.74, 6) is -0.640. The molecule has 0 radical (unpaired) electrons. The Hall–Kier alpha value is -3.60. The summed E-state index contributed by atoms with van der Waals surface area (Å²) in [6, 6.07) is 7.11. The second-order valence-corrected chi connectivity index (χ2v) is 6.70. The molecule has 3 rings (SSSR count). The molecule has 154 valence electrons. The summed E-state index contributed by atoms with van der Waals surface area (Å²) < 4.78 is 47.2. The van der Waals surface area contributed by atoms with Crippen molar-refractivity contribution in [2.24, 2.45) is 0 Å². The smallest absolute Gasteiger partial charge is 0.407 e. The zero-order chi connectivity index (χ0) is 22.1. The van der Waals surface area contributed by atoms with E-state index in [0.717, 1.165) is 17.7 Å². The van der Waals surface area contributed by atoms with Crippen molar-refractivity contribution in [3.05, 3.63) is 82.2 Å². The number of nitrogens with zero attached hydrogens (tertiary/aromatic N) is 3. The van der Waals surface area contributed by atoms with Gasteiger partial charge in [0.1, 0.15) is 0 Å². The Morgan fingerprint density at radius 1 is 1.23 bits per heavy atom. The van der Waals surface area contributed by atoms with E-state index < -0.39 is 23.4 Å². The highest BCUT2D eigenvalue weighted by atomic mass is 19.4. The van der Waals surface area contributed by atoms with Crippen molar-refractivity contribution >= 4 is 11.7 Å². The van der Waals surface area contributed by atoms with Gasteiger partial charge in [-0.2, -0.15) is 13.2 Å². The summed E-state index contributed by atoms with van der Waals surface area (Å²) in [5.41, 5.74) is 1.27. The number of carbonyl (C=O) groups is 1. The highest BCUT2D eigenvalue weighted by Crippen LogP contribution is 2.41. The number of benzene rings is 1. The molecule has 0 atom stereocenters. The van der Waals surface area contributed by atoms with Crippen molar-refractivity contribution in [2.45, 2.75) is 26.6 Å². The Balaban J connectivity index is 2.26. The first-order valence-electron chi connectivity index (χ1n) is 8.95.